The summed E-state index contributed by atoms with van der Waals surface area (Å²) in [5.41, 5.74) is 4.77. The minimum atomic E-state index is -0.226. The van der Waals surface area contributed by atoms with E-state index < -0.39 is 0 Å². The summed E-state index contributed by atoms with van der Waals surface area (Å²) in [5.74, 6) is 0. The molecule has 29 heavy (non-hydrogen) atoms. The molecule has 4 atom stereocenters. The highest BCUT2D eigenvalue weighted by Gasteiger charge is 2.44. The average Bonchev–Trinajstić information content (AvgIpc) is 3.27. The third-order valence-corrected chi connectivity index (χ3v) is 6.34. The third kappa shape index (κ3) is 3.01. The Labute approximate surface area is 170 Å². The van der Waals surface area contributed by atoms with E-state index in [2.05, 4.69) is 26.5 Å². The van der Waals surface area contributed by atoms with Crippen molar-refractivity contribution in [3.05, 3.63) is 47.4 Å². The summed E-state index contributed by atoms with van der Waals surface area (Å²) >= 11 is 0. The summed E-state index contributed by atoms with van der Waals surface area (Å²) in [4.78, 5) is 0. The SMILES string of the molecule is C1=CN(n2c(C3CCCO3)c(C3CCCCO3)c(C3NC=CO3)c2C2CO2)CN1. The number of nitrogens with zero attached hydrogens (tertiary/aromatic N) is 2. The van der Waals surface area contributed by atoms with Crippen LogP contribution in [-0.4, -0.2) is 31.2 Å². The average molecular weight is 400 g/mol. The predicted octanol–water partition coefficient (Wildman–Crippen LogP) is 2.71. The predicted molar refractivity (Wildman–Crippen MR) is 105 cm³/mol. The van der Waals surface area contributed by atoms with Crippen molar-refractivity contribution in [2.75, 3.05) is 31.5 Å². The molecule has 0 spiro atoms. The molecule has 0 bridgehead atoms. The van der Waals surface area contributed by atoms with Crippen molar-refractivity contribution in [3.8, 4) is 0 Å². The first-order chi connectivity index (χ1) is 14.4. The van der Waals surface area contributed by atoms with Gasteiger partial charge in [-0.15, -0.1) is 0 Å². The Morgan fingerprint density at radius 1 is 0.862 bits per heavy atom. The van der Waals surface area contributed by atoms with E-state index in [-0.39, 0.29) is 24.5 Å². The molecule has 156 valence electrons. The van der Waals surface area contributed by atoms with E-state index in [1.54, 1.807) is 6.26 Å². The molecule has 8 nitrogen and oxygen atoms in total. The third-order valence-electron chi connectivity index (χ3n) is 6.34. The molecule has 8 heteroatoms. The van der Waals surface area contributed by atoms with Crippen LogP contribution >= 0.6 is 0 Å². The van der Waals surface area contributed by atoms with E-state index in [0.717, 1.165) is 63.4 Å². The monoisotopic (exact) mass is 400 g/mol. The molecule has 6 heterocycles. The van der Waals surface area contributed by atoms with Crippen LogP contribution in [-0.2, 0) is 18.9 Å². The molecule has 5 aliphatic rings. The van der Waals surface area contributed by atoms with E-state index in [1.807, 2.05) is 12.4 Å². The van der Waals surface area contributed by atoms with Crippen LogP contribution < -0.4 is 15.6 Å². The highest BCUT2D eigenvalue weighted by molar-refractivity contribution is 5.47. The van der Waals surface area contributed by atoms with Crippen molar-refractivity contribution in [2.45, 2.75) is 56.6 Å². The lowest BCUT2D eigenvalue weighted by atomic mass is 9.93. The zero-order chi connectivity index (χ0) is 19.2. The first-order valence-electron chi connectivity index (χ1n) is 10.8. The molecule has 0 radical (unpaired) electrons. The fourth-order valence-corrected chi connectivity index (χ4v) is 5.02. The minimum Gasteiger partial charge on any atom is -0.473 e. The number of hydrogen-bond donors (Lipinski definition) is 2. The van der Waals surface area contributed by atoms with Gasteiger partial charge in [0.2, 0.25) is 0 Å². The Morgan fingerprint density at radius 2 is 1.69 bits per heavy atom. The Balaban J connectivity index is 1.58. The highest BCUT2D eigenvalue weighted by Crippen LogP contribution is 2.49. The number of hydrogen-bond acceptors (Lipinski definition) is 7. The first kappa shape index (κ1) is 17.7. The Hall–Kier alpha value is -2.16. The van der Waals surface area contributed by atoms with Gasteiger partial charge >= 0.3 is 0 Å². The lowest BCUT2D eigenvalue weighted by Gasteiger charge is -2.28. The summed E-state index contributed by atoms with van der Waals surface area (Å²) < 4.78 is 26.7. The van der Waals surface area contributed by atoms with Crippen LogP contribution in [0, 0.1) is 0 Å². The van der Waals surface area contributed by atoms with E-state index in [9.17, 15) is 0 Å². The van der Waals surface area contributed by atoms with Crippen molar-refractivity contribution >= 4 is 0 Å². The van der Waals surface area contributed by atoms with Crippen LogP contribution in [0.5, 0.6) is 0 Å². The molecule has 0 saturated carbocycles. The van der Waals surface area contributed by atoms with Gasteiger partial charge in [-0.05, 0) is 32.1 Å². The summed E-state index contributed by atoms with van der Waals surface area (Å²) in [6.45, 7) is 3.06. The van der Waals surface area contributed by atoms with Crippen molar-refractivity contribution in [2.24, 2.45) is 0 Å². The molecule has 5 aliphatic heterocycles. The van der Waals surface area contributed by atoms with E-state index in [1.165, 1.54) is 17.7 Å². The number of epoxide rings is 1. The second-order valence-corrected chi connectivity index (χ2v) is 8.19. The maximum Gasteiger partial charge on any atom is 0.197 e. The number of rotatable bonds is 5. The zero-order valence-corrected chi connectivity index (χ0v) is 16.5. The zero-order valence-electron chi connectivity index (χ0n) is 16.5. The fraction of sp³-hybridized carbons (Fsp3) is 0.619. The molecular weight excluding hydrogens is 372 g/mol. The van der Waals surface area contributed by atoms with E-state index in [4.69, 9.17) is 18.9 Å². The highest BCUT2D eigenvalue weighted by atomic mass is 16.6. The Kier molecular flexibility index (Phi) is 4.43. The lowest BCUT2D eigenvalue weighted by molar-refractivity contribution is 0.00965. The number of aromatic nitrogens is 1. The second-order valence-electron chi connectivity index (χ2n) is 8.19. The van der Waals surface area contributed by atoms with Gasteiger partial charge in [-0.2, -0.15) is 0 Å². The van der Waals surface area contributed by atoms with Crippen molar-refractivity contribution < 1.29 is 18.9 Å². The molecule has 1 aromatic heterocycles. The summed E-state index contributed by atoms with van der Waals surface area (Å²) in [7, 11) is 0. The van der Waals surface area contributed by atoms with Crippen LogP contribution in [0.4, 0.5) is 0 Å². The first-order valence-corrected chi connectivity index (χ1v) is 10.8. The molecule has 0 aliphatic carbocycles. The van der Waals surface area contributed by atoms with E-state index in [0.29, 0.717) is 0 Å². The molecule has 1 aromatic rings. The summed E-state index contributed by atoms with van der Waals surface area (Å²) in [5, 5.41) is 8.90. The molecule has 6 rings (SSSR count). The van der Waals surface area contributed by atoms with Crippen molar-refractivity contribution in [3.63, 3.8) is 0 Å². The van der Waals surface area contributed by atoms with Gasteiger partial charge < -0.3 is 29.6 Å². The topological polar surface area (TPSA) is 72.5 Å². The Bertz CT molecular complexity index is 811. The van der Waals surface area contributed by atoms with Crippen LogP contribution in [0.15, 0.2) is 24.9 Å². The Morgan fingerprint density at radius 3 is 2.34 bits per heavy atom. The molecule has 0 amide bonds. The maximum atomic E-state index is 6.33. The summed E-state index contributed by atoms with van der Waals surface area (Å²) in [6.07, 6.45) is 13.1. The maximum absolute atomic E-state index is 6.33. The minimum absolute atomic E-state index is 0.0576. The van der Waals surface area contributed by atoms with Crippen LogP contribution in [0.25, 0.3) is 0 Å². The summed E-state index contributed by atoms with van der Waals surface area (Å²) in [6, 6.07) is 0. The molecule has 2 N–H and O–H groups in total. The van der Waals surface area contributed by atoms with E-state index >= 15 is 0 Å². The van der Waals surface area contributed by atoms with Gasteiger partial charge in [0.15, 0.2) is 6.23 Å². The van der Waals surface area contributed by atoms with Crippen molar-refractivity contribution in [1.29, 1.82) is 0 Å². The standard InChI is InChI=1S/C21H28N4O4/c1-2-9-26-14(4-1)17-18(21-23-7-11-28-21)20(16-12-29-16)25(24-8-6-22-13-24)19(17)15-5-3-10-27-15/h6-8,11,14-16,21-23H,1-5,9-10,12-13H2. The van der Waals surface area contributed by atoms with Gasteiger partial charge in [-0.1, -0.05) is 0 Å². The van der Waals surface area contributed by atoms with Crippen LogP contribution in [0.2, 0.25) is 0 Å². The lowest BCUT2D eigenvalue weighted by Crippen LogP contribution is -2.35. The smallest absolute Gasteiger partial charge is 0.197 e. The normalized spacial score (nSPS) is 33.0. The van der Waals surface area contributed by atoms with Gasteiger partial charge in [0.05, 0.1) is 30.2 Å². The van der Waals surface area contributed by atoms with Gasteiger partial charge in [0.25, 0.3) is 0 Å². The second kappa shape index (κ2) is 7.27. The van der Waals surface area contributed by atoms with Gasteiger partial charge in [0.1, 0.15) is 19.0 Å². The van der Waals surface area contributed by atoms with Crippen molar-refractivity contribution in [1.82, 2.24) is 15.3 Å². The number of ether oxygens (including phenoxy) is 4. The molecule has 0 aromatic carbocycles. The molecular formula is C21H28N4O4. The molecule has 4 unspecified atom stereocenters. The van der Waals surface area contributed by atoms with Gasteiger partial charge in [0, 0.05) is 42.9 Å². The molecule has 3 fully saturated rings. The fourth-order valence-electron chi connectivity index (χ4n) is 5.02. The van der Waals surface area contributed by atoms with Crippen LogP contribution in [0.1, 0.15) is 79.2 Å². The van der Waals surface area contributed by atoms with Gasteiger partial charge in [-0.3, -0.25) is 9.69 Å². The molecule has 3 saturated heterocycles. The number of nitrogens with one attached hydrogen (secondary N) is 2. The van der Waals surface area contributed by atoms with Crippen LogP contribution in [0.3, 0.4) is 0 Å². The van der Waals surface area contributed by atoms with Gasteiger partial charge in [-0.25, -0.2) is 0 Å². The largest absolute Gasteiger partial charge is 0.473 e. The quantitative estimate of drug-likeness (QED) is 0.737.